The minimum atomic E-state index is -3.83. The van der Waals surface area contributed by atoms with Crippen molar-refractivity contribution in [1.82, 2.24) is 14.6 Å². The highest BCUT2D eigenvalue weighted by molar-refractivity contribution is 7.89. The van der Waals surface area contributed by atoms with Crippen molar-refractivity contribution in [1.29, 1.82) is 0 Å². The van der Waals surface area contributed by atoms with Crippen LogP contribution in [0.15, 0.2) is 40.1 Å². The van der Waals surface area contributed by atoms with Gasteiger partial charge in [-0.05, 0) is 37.1 Å². The number of amides is 1. The van der Waals surface area contributed by atoms with Crippen molar-refractivity contribution < 1.29 is 17.6 Å². The molecule has 0 saturated carbocycles. The van der Waals surface area contributed by atoms with E-state index in [1.165, 1.54) is 27.8 Å². The molecule has 1 aliphatic rings. The van der Waals surface area contributed by atoms with E-state index in [2.05, 4.69) is 10.3 Å². The number of carbonyl (C=O) groups is 1. The van der Waals surface area contributed by atoms with E-state index >= 15 is 0 Å². The lowest BCUT2D eigenvalue weighted by Crippen LogP contribution is -2.45. The lowest BCUT2D eigenvalue weighted by Gasteiger charge is -2.23. The van der Waals surface area contributed by atoms with E-state index < -0.39 is 21.9 Å². The number of benzene rings is 1. The number of rotatable bonds is 5. The first-order valence-corrected chi connectivity index (χ1v) is 9.79. The van der Waals surface area contributed by atoms with Crippen LogP contribution in [0.2, 0.25) is 0 Å². The Morgan fingerprint density at radius 3 is 2.79 bits per heavy atom. The smallest absolute Gasteiger partial charge is 0.243 e. The molecule has 1 amide bonds. The summed E-state index contributed by atoms with van der Waals surface area (Å²) in [5.41, 5.74) is 2.40. The molecule has 2 heterocycles. The van der Waals surface area contributed by atoms with E-state index in [1.54, 1.807) is 5.51 Å². The molecule has 0 bridgehead atoms. The Hall–Kier alpha value is -1.84. The normalized spacial score (nSPS) is 18.6. The maximum atomic E-state index is 13.0. The van der Waals surface area contributed by atoms with Crippen LogP contribution in [0.1, 0.15) is 18.5 Å². The number of sulfonamides is 1. The second-order valence-corrected chi connectivity index (χ2v) is 8.03. The number of nitrogens with one attached hydrogen (secondary N) is 1. The van der Waals surface area contributed by atoms with Crippen molar-refractivity contribution in [3.05, 3.63) is 46.7 Å². The van der Waals surface area contributed by atoms with Crippen LogP contribution in [0.4, 0.5) is 4.39 Å². The van der Waals surface area contributed by atoms with Crippen molar-refractivity contribution in [3.8, 4) is 0 Å². The molecule has 1 unspecified atom stereocenters. The molecule has 128 valence electrons. The van der Waals surface area contributed by atoms with Gasteiger partial charge in [0.05, 0.1) is 22.6 Å². The van der Waals surface area contributed by atoms with Crippen LogP contribution in [-0.4, -0.2) is 36.2 Å². The molecule has 24 heavy (non-hydrogen) atoms. The van der Waals surface area contributed by atoms with Crippen molar-refractivity contribution in [3.63, 3.8) is 0 Å². The van der Waals surface area contributed by atoms with Gasteiger partial charge in [0.25, 0.3) is 0 Å². The van der Waals surface area contributed by atoms with E-state index in [1.807, 2.05) is 5.38 Å². The Morgan fingerprint density at radius 1 is 1.38 bits per heavy atom. The quantitative estimate of drug-likeness (QED) is 0.871. The fraction of sp³-hybridized carbons (Fsp3) is 0.333. The zero-order chi connectivity index (χ0) is 17.2. The molecule has 6 nitrogen and oxygen atoms in total. The topological polar surface area (TPSA) is 79.4 Å². The third kappa shape index (κ3) is 3.47. The summed E-state index contributed by atoms with van der Waals surface area (Å²) in [7, 11) is -3.83. The van der Waals surface area contributed by atoms with Gasteiger partial charge in [-0.15, -0.1) is 11.3 Å². The highest BCUT2D eigenvalue weighted by Gasteiger charge is 2.39. The second kappa shape index (κ2) is 6.96. The SMILES string of the molecule is O=C(NCc1cscn1)C1CCCN1S(=O)(=O)c1ccc(F)cc1. The van der Waals surface area contributed by atoms with Crippen LogP contribution in [0.25, 0.3) is 0 Å². The van der Waals surface area contributed by atoms with Gasteiger partial charge in [0.2, 0.25) is 15.9 Å². The molecular weight excluding hydrogens is 353 g/mol. The maximum Gasteiger partial charge on any atom is 0.243 e. The molecule has 9 heteroatoms. The molecule has 1 aromatic heterocycles. The molecule has 1 atom stereocenters. The van der Waals surface area contributed by atoms with Gasteiger partial charge in [-0.25, -0.2) is 17.8 Å². The monoisotopic (exact) mass is 369 g/mol. The van der Waals surface area contributed by atoms with E-state index in [0.717, 1.165) is 17.8 Å². The van der Waals surface area contributed by atoms with Gasteiger partial charge in [-0.1, -0.05) is 0 Å². The Balaban J connectivity index is 1.74. The summed E-state index contributed by atoms with van der Waals surface area (Å²) in [6.45, 7) is 0.539. The second-order valence-electron chi connectivity index (χ2n) is 5.43. The van der Waals surface area contributed by atoms with E-state index in [9.17, 15) is 17.6 Å². The summed E-state index contributed by atoms with van der Waals surface area (Å²) in [6, 6.07) is 3.87. The lowest BCUT2D eigenvalue weighted by atomic mass is 10.2. The lowest BCUT2D eigenvalue weighted by molar-refractivity contribution is -0.124. The van der Waals surface area contributed by atoms with Crippen molar-refractivity contribution in [2.45, 2.75) is 30.3 Å². The fourth-order valence-electron chi connectivity index (χ4n) is 2.65. The Labute approximate surface area is 143 Å². The number of halogens is 1. The number of thiazole rings is 1. The van der Waals surface area contributed by atoms with Gasteiger partial charge in [0.1, 0.15) is 11.9 Å². The highest BCUT2D eigenvalue weighted by atomic mass is 32.2. The Morgan fingerprint density at radius 2 is 2.12 bits per heavy atom. The minimum absolute atomic E-state index is 0.0110. The molecule has 3 rings (SSSR count). The number of hydrogen-bond donors (Lipinski definition) is 1. The number of hydrogen-bond acceptors (Lipinski definition) is 5. The summed E-state index contributed by atoms with van der Waals surface area (Å²) in [5, 5.41) is 4.55. The molecule has 1 fully saturated rings. The van der Waals surface area contributed by atoms with Crippen molar-refractivity contribution >= 4 is 27.3 Å². The van der Waals surface area contributed by atoms with Gasteiger partial charge in [0.15, 0.2) is 0 Å². The predicted molar refractivity (Wildman–Crippen MR) is 87.3 cm³/mol. The third-order valence-electron chi connectivity index (χ3n) is 3.85. The number of nitrogens with zero attached hydrogens (tertiary/aromatic N) is 2. The predicted octanol–water partition coefficient (Wildman–Crippen LogP) is 1.75. The first kappa shape index (κ1) is 17.0. The summed E-state index contributed by atoms with van der Waals surface area (Å²) < 4.78 is 39.6. The standard InChI is InChI=1S/C15H16FN3O3S2/c16-11-3-5-13(6-4-11)24(21,22)19-7-1-2-14(19)15(20)17-8-12-9-23-10-18-12/h3-6,9-10,14H,1-2,7-8H2,(H,17,20). The van der Waals surface area contributed by atoms with Crippen LogP contribution in [0.5, 0.6) is 0 Å². The van der Waals surface area contributed by atoms with Crippen LogP contribution in [0.3, 0.4) is 0 Å². The first-order chi connectivity index (χ1) is 11.5. The summed E-state index contributed by atoms with van der Waals surface area (Å²) >= 11 is 1.43. The summed E-state index contributed by atoms with van der Waals surface area (Å²) in [6.07, 6.45) is 1.07. The van der Waals surface area contributed by atoms with Gasteiger partial charge in [-0.3, -0.25) is 4.79 Å². The highest BCUT2D eigenvalue weighted by Crippen LogP contribution is 2.26. The average Bonchev–Trinajstić information content (AvgIpc) is 3.24. The molecule has 1 aliphatic heterocycles. The summed E-state index contributed by atoms with van der Waals surface area (Å²) in [4.78, 5) is 16.4. The number of aromatic nitrogens is 1. The molecule has 2 aromatic rings. The number of carbonyl (C=O) groups excluding carboxylic acids is 1. The average molecular weight is 369 g/mol. The molecule has 0 spiro atoms. The molecule has 0 radical (unpaired) electrons. The Kier molecular flexibility index (Phi) is 4.93. The summed E-state index contributed by atoms with van der Waals surface area (Å²) in [5.74, 6) is -0.848. The van der Waals surface area contributed by atoms with Crippen LogP contribution < -0.4 is 5.32 Å². The van der Waals surface area contributed by atoms with E-state index in [-0.39, 0.29) is 23.9 Å². The van der Waals surface area contributed by atoms with Gasteiger partial charge < -0.3 is 5.32 Å². The zero-order valence-corrected chi connectivity index (χ0v) is 14.3. The fourth-order valence-corrected chi connectivity index (χ4v) is 4.87. The minimum Gasteiger partial charge on any atom is -0.349 e. The van der Waals surface area contributed by atoms with Gasteiger partial charge in [-0.2, -0.15) is 4.31 Å². The van der Waals surface area contributed by atoms with Crippen molar-refractivity contribution in [2.75, 3.05) is 6.54 Å². The Bertz CT molecular complexity index is 807. The van der Waals surface area contributed by atoms with E-state index in [0.29, 0.717) is 12.8 Å². The van der Waals surface area contributed by atoms with Crippen LogP contribution in [-0.2, 0) is 21.4 Å². The zero-order valence-electron chi connectivity index (χ0n) is 12.7. The first-order valence-electron chi connectivity index (χ1n) is 7.40. The van der Waals surface area contributed by atoms with E-state index in [4.69, 9.17) is 0 Å². The van der Waals surface area contributed by atoms with Gasteiger partial charge >= 0.3 is 0 Å². The molecule has 1 aromatic carbocycles. The van der Waals surface area contributed by atoms with Crippen LogP contribution in [0, 0.1) is 5.82 Å². The molecule has 1 saturated heterocycles. The largest absolute Gasteiger partial charge is 0.349 e. The molecular formula is C15H16FN3O3S2. The maximum absolute atomic E-state index is 13.0. The molecule has 0 aliphatic carbocycles. The van der Waals surface area contributed by atoms with Crippen molar-refractivity contribution in [2.24, 2.45) is 0 Å². The van der Waals surface area contributed by atoms with Gasteiger partial charge in [0, 0.05) is 11.9 Å². The van der Waals surface area contributed by atoms with Crippen LogP contribution >= 0.6 is 11.3 Å². The third-order valence-corrected chi connectivity index (χ3v) is 6.41. The molecule has 1 N–H and O–H groups in total.